The summed E-state index contributed by atoms with van der Waals surface area (Å²) in [5.74, 6) is -0.456. The monoisotopic (exact) mass is 417 g/mol. The van der Waals surface area contributed by atoms with Gasteiger partial charge in [0.2, 0.25) is 5.16 Å². The lowest BCUT2D eigenvalue weighted by Crippen LogP contribution is -1.98. The van der Waals surface area contributed by atoms with Gasteiger partial charge in [0.15, 0.2) is 5.82 Å². The number of anilines is 1. The van der Waals surface area contributed by atoms with Crippen molar-refractivity contribution < 1.29 is 14.7 Å². The number of H-pyrrole nitrogens is 1. The molecule has 1 aromatic heterocycles. The van der Waals surface area contributed by atoms with Gasteiger partial charge in [-0.1, -0.05) is 23.9 Å². The molecule has 0 aliphatic heterocycles. The third-order valence-corrected chi connectivity index (χ3v) is 5.13. The van der Waals surface area contributed by atoms with Crippen molar-refractivity contribution >= 4 is 35.4 Å². The van der Waals surface area contributed by atoms with Crippen LogP contribution in [0.5, 0.6) is 0 Å². The van der Waals surface area contributed by atoms with Crippen LogP contribution in [-0.4, -0.2) is 46.2 Å². The number of carboxylic acids is 1. The van der Waals surface area contributed by atoms with E-state index in [4.69, 9.17) is 9.94 Å². The number of nitrogens with one attached hydrogen (secondary N) is 3. The molecule has 0 amide bonds. The second kappa shape index (κ2) is 9.60. The first-order valence-electron chi connectivity index (χ1n) is 8.24. The van der Waals surface area contributed by atoms with Crippen molar-refractivity contribution in [2.45, 2.75) is 10.1 Å². The minimum absolute atomic E-state index is 0.0935. The van der Waals surface area contributed by atoms with Gasteiger partial charge in [-0.2, -0.15) is 0 Å². The Hall–Kier alpha value is -2.53. The number of aromatic nitrogens is 3. The molecule has 0 spiro atoms. The summed E-state index contributed by atoms with van der Waals surface area (Å²) in [6.45, 7) is 0. The van der Waals surface area contributed by atoms with E-state index in [1.807, 2.05) is 43.4 Å². The van der Waals surface area contributed by atoms with E-state index in [-0.39, 0.29) is 5.75 Å². The lowest BCUT2D eigenvalue weighted by molar-refractivity contribution is -0.133. The largest absolute Gasteiger partial charge is 0.481 e. The molecule has 0 saturated carbocycles. The molecule has 3 rings (SSSR count). The molecule has 8 nitrogen and oxygen atoms in total. The Morgan fingerprint density at radius 2 is 2.04 bits per heavy atom. The average molecular weight is 418 g/mol. The fourth-order valence-corrected chi connectivity index (χ4v) is 3.62. The molecule has 0 aliphatic rings. The Morgan fingerprint density at radius 1 is 1.21 bits per heavy atom. The zero-order valence-corrected chi connectivity index (χ0v) is 16.9. The predicted molar refractivity (Wildman–Crippen MR) is 111 cm³/mol. The summed E-state index contributed by atoms with van der Waals surface area (Å²) in [4.78, 5) is 21.3. The highest BCUT2D eigenvalue weighted by Crippen LogP contribution is 2.31. The fourth-order valence-electron chi connectivity index (χ4n) is 2.53. The number of rotatable bonds is 9. The second-order valence-electron chi connectivity index (χ2n) is 5.59. The van der Waals surface area contributed by atoms with Gasteiger partial charge in [-0.3, -0.25) is 24.9 Å². The Balaban J connectivity index is 1.96. The number of carbonyl (C=O) groups is 1. The molecule has 0 saturated heterocycles. The lowest BCUT2D eigenvalue weighted by atomic mass is 10.0. The number of aromatic amines is 1. The summed E-state index contributed by atoms with van der Waals surface area (Å²) in [7, 11) is 3.42. The summed E-state index contributed by atoms with van der Waals surface area (Å²) in [6, 6.07) is 14.0. The average Bonchev–Trinajstić information content (AvgIpc) is 3.16. The van der Waals surface area contributed by atoms with Crippen LogP contribution in [0.4, 0.5) is 5.69 Å². The van der Waals surface area contributed by atoms with Crippen molar-refractivity contribution in [2.24, 2.45) is 0 Å². The molecular formula is C18H19N5O3S2. The van der Waals surface area contributed by atoms with E-state index in [2.05, 4.69) is 31.4 Å². The molecule has 0 bridgehead atoms. The Labute approximate surface area is 170 Å². The molecule has 2 aromatic carbocycles. The molecule has 0 unspecified atom stereocenters. The third-order valence-electron chi connectivity index (χ3n) is 3.60. The fraction of sp³-hybridized carbons (Fsp3) is 0.167. The van der Waals surface area contributed by atoms with Crippen molar-refractivity contribution in [3.8, 4) is 22.5 Å². The van der Waals surface area contributed by atoms with E-state index >= 15 is 0 Å². The molecule has 146 valence electrons. The molecule has 0 aliphatic carbocycles. The topological polar surface area (TPSA) is 112 Å². The normalized spacial score (nSPS) is 10.8. The lowest BCUT2D eigenvalue weighted by Gasteiger charge is -2.10. The van der Waals surface area contributed by atoms with Gasteiger partial charge >= 0.3 is 5.97 Å². The number of nitrogens with zero attached hydrogens (tertiary/aromatic N) is 2. The second-order valence-corrected chi connectivity index (χ2v) is 7.61. The number of thioether (sulfide) groups is 1. The first-order chi connectivity index (χ1) is 13.6. The SMILES string of the molecule is CNSc1cccc(-c2cc(NOC)cc(-c3nc(SCC(=O)O)n[nH]3)c2)c1. The molecule has 4 N–H and O–H groups in total. The van der Waals surface area contributed by atoms with Crippen LogP contribution in [0.3, 0.4) is 0 Å². The van der Waals surface area contributed by atoms with Gasteiger partial charge in [0, 0.05) is 10.5 Å². The number of carboxylic acid groups (broad SMARTS) is 1. The Bertz CT molecular complexity index is 964. The van der Waals surface area contributed by atoms with E-state index in [0.29, 0.717) is 11.0 Å². The van der Waals surface area contributed by atoms with Crippen molar-refractivity contribution in [3.05, 3.63) is 42.5 Å². The minimum atomic E-state index is -0.913. The highest BCUT2D eigenvalue weighted by molar-refractivity contribution is 7.99. The Morgan fingerprint density at radius 3 is 2.79 bits per heavy atom. The molecular weight excluding hydrogens is 398 g/mol. The molecule has 0 fully saturated rings. The smallest absolute Gasteiger partial charge is 0.313 e. The maximum atomic E-state index is 10.7. The number of hydrogen-bond acceptors (Lipinski definition) is 8. The maximum Gasteiger partial charge on any atom is 0.313 e. The van der Waals surface area contributed by atoms with Gasteiger partial charge in [-0.25, -0.2) is 4.98 Å². The van der Waals surface area contributed by atoms with E-state index in [0.717, 1.165) is 39.0 Å². The van der Waals surface area contributed by atoms with Crippen LogP contribution in [0.25, 0.3) is 22.5 Å². The number of benzene rings is 2. The first-order valence-corrected chi connectivity index (χ1v) is 10.0. The quantitative estimate of drug-likeness (QED) is 0.236. The van der Waals surface area contributed by atoms with Crippen LogP contribution in [0.1, 0.15) is 0 Å². The van der Waals surface area contributed by atoms with Crippen LogP contribution in [-0.2, 0) is 9.63 Å². The van der Waals surface area contributed by atoms with Gasteiger partial charge in [-0.05, 0) is 60.5 Å². The van der Waals surface area contributed by atoms with Gasteiger partial charge < -0.3 is 5.11 Å². The van der Waals surface area contributed by atoms with Gasteiger partial charge in [-0.15, -0.1) is 5.10 Å². The van der Waals surface area contributed by atoms with E-state index in [1.54, 1.807) is 19.1 Å². The van der Waals surface area contributed by atoms with Crippen LogP contribution in [0, 0.1) is 0 Å². The van der Waals surface area contributed by atoms with Gasteiger partial charge in [0.05, 0.1) is 18.6 Å². The summed E-state index contributed by atoms with van der Waals surface area (Å²) in [6.07, 6.45) is 0. The summed E-state index contributed by atoms with van der Waals surface area (Å²) in [5, 5.41) is 16.1. The zero-order chi connectivity index (χ0) is 19.9. The van der Waals surface area contributed by atoms with E-state index in [1.165, 1.54) is 0 Å². The first kappa shape index (κ1) is 20.2. The highest BCUT2D eigenvalue weighted by atomic mass is 32.2. The molecule has 1 heterocycles. The van der Waals surface area contributed by atoms with E-state index < -0.39 is 5.97 Å². The molecule has 28 heavy (non-hydrogen) atoms. The third kappa shape index (κ3) is 5.26. The van der Waals surface area contributed by atoms with Gasteiger partial charge in [0.25, 0.3) is 0 Å². The maximum absolute atomic E-state index is 10.7. The summed E-state index contributed by atoms with van der Waals surface area (Å²) in [5.41, 5.74) is 6.44. The minimum Gasteiger partial charge on any atom is -0.481 e. The zero-order valence-electron chi connectivity index (χ0n) is 15.2. The van der Waals surface area contributed by atoms with Crippen molar-refractivity contribution in [2.75, 3.05) is 25.4 Å². The van der Waals surface area contributed by atoms with Crippen molar-refractivity contribution in [1.82, 2.24) is 19.9 Å². The molecule has 0 radical (unpaired) electrons. The van der Waals surface area contributed by atoms with Crippen LogP contribution >= 0.6 is 23.7 Å². The van der Waals surface area contributed by atoms with Crippen molar-refractivity contribution in [1.29, 1.82) is 0 Å². The van der Waals surface area contributed by atoms with Crippen LogP contribution in [0.2, 0.25) is 0 Å². The van der Waals surface area contributed by atoms with Crippen LogP contribution < -0.4 is 10.2 Å². The summed E-state index contributed by atoms with van der Waals surface area (Å²) >= 11 is 2.60. The van der Waals surface area contributed by atoms with Crippen LogP contribution in [0.15, 0.2) is 52.5 Å². The summed E-state index contributed by atoms with van der Waals surface area (Å²) < 4.78 is 3.07. The molecule has 10 heteroatoms. The molecule has 3 aromatic rings. The Kier molecular flexibility index (Phi) is 6.93. The predicted octanol–water partition coefficient (Wildman–Crippen LogP) is 3.52. The van der Waals surface area contributed by atoms with Gasteiger partial charge in [0.1, 0.15) is 0 Å². The number of hydrogen-bond donors (Lipinski definition) is 4. The highest BCUT2D eigenvalue weighted by Gasteiger charge is 2.11. The number of aliphatic carboxylic acids is 1. The standard InChI is InChI=1S/C18H19N5O3S2/c1-19-28-15-5-3-4-11(9-15)12-6-13(8-14(7-12)23-26-2)17-20-18(22-21-17)27-10-16(24)25/h3-9,19,23H,10H2,1-2H3,(H,24,25)(H,20,21,22). The van der Waals surface area contributed by atoms with Crippen molar-refractivity contribution in [3.63, 3.8) is 0 Å². The van der Waals surface area contributed by atoms with E-state index in [9.17, 15) is 4.79 Å². The molecule has 0 atom stereocenters.